The lowest BCUT2D eigenvalue weighted by atomic mass is 10.3. The van der Waals surface area contributed by atoms with E-state index in [-0.39, 0.29) is 12.3 Å². The summed E-state index contributed by atoms with van der Waals surface area (Å²) in [6.45, 7) is -0.349. The highest BCUT2D eigenvalue weighted by molar-refractivity contribution is 5.64. The number of aliphatic hydroxyl groups is 1. The van der Waals surface area contributed by atoms with E-state index in [4.69, 9.17) is 5.73 Å². The maximum Gasteiger partial charge on any atom is 0.404 e. The highest BCUT2D eigenvalue weighted by Crippen LogP contribution is 2.17. The predicted molar refractivity (Wildman–Crippen MR) is 58.3 cm³/mol. The van der Waals surface area contributed by atoms with Crippen molar-refractivity contribution >= 4 is 17.5 Å². The summed E-state index contributed by atoms with van der Waals surface area (Å²) in [4.78, 5) is 20.2. The summed E-state index contributed by atoms with van der Waals surface area (Å²) in [6, 6.07) is 5.55. The molecule has 17 heavy (non-hydrogen) atoms. The first-order valence-corrected chi connectivity index (χ1v) is 4.60. The van der Waals surface area contributed by atoms with Gasteiger partial charge in [0, 0.05) is 17.8 Å². The van der Waals surface area contributed by atoms with Gasteiger partial charge in [-0.2, -0.15) is 0 Å². The molecule has 0 bridgehead atoms. The number of non-ortho nitro benzene ring substituents is 1. The van der Waals surface area contributed by atoms with E-state index < -0.39 is 17.2 Å². The molecule has 1 unspecified atom stereocenters. The Hall–Kier alpha value is -2.35. The number of carbonyl (C=O) groups is 1. The first-order valence-electron chi connectivity index (χ1n) is 4.60. The number of nitrogens with two attached hydrogens (primary N) is 1. The number of carbonyl (C=O) groups excluding carboxylic acids is 1. The van der Waals surface area contributed by atoms with Crippen LogP contribution in [0.25, 0.3) is 0 Å². The van der Waals surface area contributed by atoms with Gasteiger partial charge < -0.3 is 20.9 Å². The molecule has 0 aliphatic heterocycles. The van der Waals surface area contributed by atoms with E-state index in [9.17, 15) is 20.0 Å². The molecule has 92 valence electrons. The third kappa shape index (κ3) is 4.34. The molecule has 0 radical (unpaired) electrons. The fourth-order valence-electron chi connectivity index (χ4n) is 1.10. The van der Waals surface area contributed by atoms with E-state index >= 15 is 0 Å². The SMILES string of the molecule is NC(=O)OCC(O)Nc1cccc([N+](=O)[O-])c1. The average molecular weight is 241 g/mol. The molecule has 0 aromatic heterocycles. The Kier molecular flexibility index (Phi) is 4.23. The Balaban J connectivity index is 2.58. The van der Waals surface area contributed by atoms with Crippen molar-refractivity contribution < 1.29 is 19.6 Å². The van der Waals surface area contributed by atoms with E-state index in [2.05, 4.69) is 10.1 Å². The molecular formula is C9H11N3O5. The molecule has 1 aromatic rings. The minimum Gasteiger partial charge on any atom is -0.445 e. The van der Waals surface area contributed by atoms with Gasteiger partial charge in [0.25, 0.3) is 5.69 Å². The molecule has 8 nitrogen and oxygen atoms in total. The van der Waals surface area contributed by atoms with Crippen LogP contribution in [0.4, 0.5) is 16.2 Å². The zero-order valence-electron chi connectivity index (χ0n) is 8.70. The van der Waals surface area contributed by atoms with Gasteiger partial charge in [0.2, 0.25) is 0 Å². The molecule has 0 saturated heterocycles. The van der Waals surface area contributed by atoms with Crippen LogP contribution >= 0.6 is 0 Å². The van der Waals surface area contributed by atoms with Crippen LogP contribution in [-0.2, 0) is 4.74 Å². The van der Waals surface area contributed by atoms with Gasteiger partial charge in [-0.3, -0.25) is 10.1 Å². The Labute approximate surface area is 96.1 Å². The molecule has 0 aliphatic rings. The number of anilines is 1. The van der Waals surface area contributed by atoms with Crippen LogP contribution in [0.3, 0.4) is 0 Å². The molecule has 0 heterocycles. The first kappa shape index (κ1) is 12.7. The van der Waals surface area contributed by atoms with Gasteiger partial charge in [0.15, 0.2) is 6.23 Å². The lowest BCUT2D eigenvalue weighted by molar-refractivity contribution is -0.384. The van der Waals surface area contributed by atoms with Crippen LogP contribution in [-0.4, -0.2) is 29.0 Å². The molecule has 1 aromatic carbocycles. The molecule has 1 atom stereocenters. The number of aliphatic hydroxyl groups excluding tert-OH is 1. The third-order valence-electron chi connectivity index (χ3n) is 1.77. The summed E-state index contributed by atoms with van der Waals surface area (Å²) in [7, 11) is 0. The zero-order valence-corrected chi connectivity index (χ0v) is 8.70. The zero-order chi connectivity index (χ0) is 12.8. The minimum absolute atomic E-state index is 0.113. The van der Waals surface area contributed by atoms with Crippen LogP contribution < -0.4 is 11.1 Å². The number of benzene rings is 1. The summed E-state index contributed by atoms with van der Waals surface area (Å²) in [5.41, 5.74) is 4.93. The van der Waals surface area contributed by atoms with Gasteiger partial charge in [-0.25, -0.2) is 4.79 Å². The van der Waals surface area contributed by atoms with E-state index in [0.717, 1.165) is 0 Å². The Morgan fingerprint density at radius 3 is 2.94 bits per heavy atom. The molecule has 1 rings (SSSR count). The van der Waals surface area contributed by atoms with E-state index in [1.165, 1.54) is 24.3 Å². The number of rotatable bonds is 5. The smallest absolute Gasteiger partial charge is 0.404 e. The first-order chi connectivity index (χ1) is 7.99. The number of primary amides is 1. The number of nitro benzene ring substituents is 1. The lowest BCUT2D eigenvalue weighted by Gasteiger charge is -2.13. The molecule has 0 saturated carbocycles. The number of amides is 1. The van der Waals surface area contributed by atoms with Crippen molar-refractivity contribution in [2.24, 2.45) is 5.73 Å². The number of hydrogen-bond donors (Lipinski definition) is 3. The largest absolute Gasteiger partial charge is 0.445 e. The van der Waals surface area contributed by atoms with Gasteiger partial charge in [-0.15, -0.1) is 0 Å². The Morgan fingerprint density at radius 1 is 1.65 bits per heavy atom. The monoisotopic (exact) mass is 241 g/mol. The van der Waals surface area contributed by atoms with Crippen molar-refractivity contribution in [1.82, 2.24) is 0 Å². The fraction of sp³-hybridized carbons (Fsp3) is 0.222. The van der Waals surface area contributed by atoms with Crippen molar-refractivity contribution in [3.8, 4) is 0 Å². The normalized spacial score (nSPS) is 11.6. The maximum atomic E-state index is 10.5. The van der Waals surface area contributed by atoms with Crippen LogP contribution in [0.1, 0.15) is 0 Å². The predicted octanol–water partition coefficient (Wildman–Crippen LogP) is 0.420. The second-order valence-electron chi connectivity index (χ2n) is 3.10. The van der Waals surface area contributed by atoms with Crippen LogP contribution in [0.5, 0.6) is 0 Å². The maximum absolute atomic E-state index is 10.5. The quantitative estimate of drug-likeness (QED) is 0.389. The topological polar surface area (TPSA) is 128 Å². The van der Waals surface area contributed by atoms with Crippen LogP contribution in [0, 0.1) is 10.1 Å². The minimum atomic E-state index is -1.19. The van der Waals surface area contributed by atoms with E-state index in [1.54, 1.807) is 0 Å². The number of hydrogen-bond acceptors (Lipinski definition) is 6. The summed E-state index contributed by atoms with van der Waals surface area (Å²) < 4.78 is 4.35. The molecule has 0 aliphatic carbocycles. The van der Waals surface area contributed by atoms with E-state index in [1.807, 2.05) is 0 Å². The van der Waals surface area contributed by atoms with Gasteiger partial charge in [0.1, 0.15) is 6.61 Å². The van der Waals surface area contributed by atoms with Gasteiger partial charge in [0.05, 0.1) is 4.92 Å². The average Bonchev–Trinajstić information content (AvgIpc) is 2.26. The standard InChI is InChI=1S/C9H11N3O5/c10-9(14)17-5-8(13)11-6-2-1-3-7(4-6)12(15)16/h1-4,8,11,13H,5H2,(H2,10,14). The van der Waals surface area contributed by atoms with Crippen molar-refractivity contribution in [3.05, 3.63) is 34.4 Å². The summed E-state index contributed by atoms with van der Waals surface area (Å²) in [5.74, 6) is 0. The number of ether oxygens (including phenoxy) is 1. The van der Waals surface area contributed by atoms with Gasteiger partial charge in [-0.1, -0.05) is 6.07 Å². The number of nitro groups is 1. The Morgan fingerprint density at radius 2 is 2.35 bits per heavy atom. The van der Waals surface area contributed by atoms with Crippen LogP contribution in [0.2, 0.25) is 0 Å². The molecule has 8 heteroatoms. The third-order valence-corrected chi connectivity index (χ3v) is 1.77. The van der Waals surface area contributed by atoms with Crippen molar-refractivity contribution in [2.45, 2.75) is 6.23 Å². The van der Waals surface area contributed by atoms with Crippen molar-refractivity contribution in [3.63, 3.8) is 0 Å². The molecule has 0 fully saturated rings. The van der Waals surface area contributed by atoms with Gasteiger partial charge in [-0.05, 0) is 6.07 Å². The summed E-state index contributed by atoms with van der Waals surface area (Å²) >= 11 is 0. The molecule has 1 amide bonds. The van der Waals surface area contributed by atoms with Gasteiger partial charge >= 0.3 is 6.09 Å². The summed E-state index contributed by atoms with van der Waals surface area (Å²) in [5, 5.41) is 22.4. The highest BCUT2D eigenvalue weighted by Gasteiger charge is 2.09. The fourth-order valence-corrected chi connectivity index (χ4v) is 1.10. The lowest BCUT2D eigenvalue weighted by Crippen LogP contribution is -2.28. The van der Waals surface area contributed by atoms with Crippen molar-refractivity contribution in [2.75, 3.05) is 11.9 Å². The van der Waals surface area contributed by atoms with Crippen molar-refractivity contribution in [1.29, 1.82) is 0 Å². The Bertz CT molecular complexity index is 423. The second kappa shape index (κ2) is 5.66. The number of nitrogens with zero attached hydrogens (tertiary/aromatic N) is 1. The summed E-state index contributed by atoms with van der Waals surface area (Å²) in [6.07, 6.45) is -2.20. The highest BCUT2D eigenvalue weighted by atomic mass is 16.6. The number of nitrogens with one attached hydrogen (secondary N) is 1. The molecule has 0 spiro atoms. The molecule has 4 N–H and O–H groups in total. The molecular weight excluding hydrogens is 230 g/mol. The van der Waals surface area contributed by atoms with Crippen LogP contribution in [0.15, 0.2) is 24.3 Å². The van der Waals surface area contributed by atoms with E-state index in [0.29, 0.717) is 5.69 Å². The second-order valence-corrected chi connectivity index (χ2v) is 3.10.